The third kappa shape index (κ3) is 1.84. The first-order valence-corrected chi connectivity index (χ1v) is 3.82. The summed E-state index contributed by atoms with van der Waals surface area (Å²) in [6.45, 7) is 4.25. The van der Waals surface area contributed by atoms with Gasteiger partial charge < -0.3 is 4.90 Å². The summed E-state index contributed by atoms with van der Waals surface area (Å²) in [4.78, 5) is 1.81. The SMILES string of the molecule is C=CCN(C)c1ccccc1F. The molecule has 0 spiro atoms. The highest BCUT2D eigenvalue weighted by Gasteiger charge is 2.03. The molecule has 1 aromatic carbocycles. The molecule has 64 valence electrons. The van der Waals surface area contributed by atoms with Crippen molar-refractivity contribution in [3.8, 4) is 0 Å². The predicted molar refractivity (Wildman–Crippen MR) is 49.9 cm³/mol. The van der Waals surface area contributed by atoms with Crippen molar-refractivity contribution in [1.29, 1.82) is 0 Å². The fourth-order valence-electron chi connectivity index (χ4n) is 1.05. The molecule has 0 amide bonds. The summed E-state index contributed by atoms with van der Waals surface area (Å²) < 4.78 is 13.1. The Morgan fingerprint density at radius 2 is 2.17 bits per heavy atom. The molecule has 0 bridgehead atoms. The van der Waals surface area contributed by atoms with E-state index in [1.165, 1.54) is 6.07 Å². The Hall–Kier alpha value is -1.31. The molecule has 0 fully saturated rings. The largest absolute Gasteiger partial charge is 0.369 e. The molecule has 12 heavy (non-hydrogen) atoms. The number of likely N-dealkylation sites (N-methyl/N-ethyl adjacent to an activating group) is 1. The first kappa shape index (κ1) is 8.78. The number of hydrogen-bond acceptors (Lipinski definition) is 1. The second-order valence-corrected chi connectivity index (χ2v) is 2.62. The molecular formula is C10H12FN. The van der Waals surface area contributed by atoms with E-state index in [-0.39, 0.29) is 5.82 Å². The minimum Gasteiger partial charge on any atom is -0.369 e. The van der Waals surface area contributed by atoms with Crippen molar-refractivity contribution in [2.75, 3.05) is 18.5 Å². The molecule has 0 aliphatic rings. The average molecular weight is 165 g/mol. The topological polar surface area (TPSA) is 3.24 Å². The van der Waals surface area contributed by atoms with Crippen molar-refractivity contribution in [2.24, 2.45) is 0 Å². The van der Waals surface area contributed by atoms with E-state index < -0.39 is 0 Å². The Kier molecular flexibility index (Phi) is 2.86. The Morgan fingerprint density at radius 1 is 1.50 bits per heavy atom. The molecule has 0 aliphatic carbocycles. The number of para-hydroxylation sites is 1. The zero-order valence-corrected chi connectivity index (χ0v) is 7.13. The van der Waals surface area contributed by atoms with Crippen LogP contribution in [0.1, 0.15) is 0 Å². The van der Waals surface area contributed by atoms with E-state index in [1.54, 1.807) is 18.2 Å². The summed E-state index contributed by atoms with van der Waals surface area (Å²) in [5.41, 5.74) is 0.609. The number of nitrogens with zero attached hydrogens (tertiary/aromatic N) is 1. The lowest BCUT2D eigenvalue weighted by molar-refractivity contribution is 0.625. The van der Waals surface area contributed by atoms with Gasteiger partial charge in [0.15, 0.2) is 0 Å². The van der Waals surface area contributed by atoms with Crippen molar-refractivity contribution in [1.82, 2.24) is 0 Å². The Bertz CT molecular complexity index is 270. The Morgan fingerprint density at radius 3 is 2.75 bits per heavy atom. The third-order valence-electron chi connectivity index (χ3n) is 1.67. The lowest BCUT2D eigenvalue weighted by atomic mass is 10.3. The van der Waals surface area contributed by atoms with Crippen LogP contribution in [0.25, 0.3) is 0 Å². The van der Waals surface area contributed by atoms with Crippen molar-refractivity contribution in [3.63, 3.8) is 0 Å². The maximum atomic E-state index is 13.1. The van der Waals surface area contributed by atoms with Crippen LogP contribution in [0.3, 0.4) is 0 Å². The minimum absolute atomic E-state index is 0.193. The quantitative estimate of drug-likeness (QED) is 0.622. The van der Waals surface area contributed by atoms with Gasteiger partial charge in [0.05, 0.1) is 5.69 Å². The number of halogens is 1. The van der Waals surface area contributed by atoms with Crippen LogP contribution in [-0.4, -0.2) is 13.6 Å². The molecular weight excluding hydrogens is 153 g/mol. The standard InChI is InChI=1S/C10H12FN/c1-3-8-12(2)10-7-5-4-6-9(10)11/h3-7H,1,8H2,2H3. The maximum absolute atomic E-state index is 13.1. The van der Waals surface area contributed by atoms with E-state index in [4.69, 9.17) is 0 Å². The summed E-state index contributed by atoms with van der Waals surface area (Å²) in [5.74, 6) is -0.193. The fraction of sp³-hybridized carbons (Fsp3) is 0.200. The van der Waals surface area contributed by atoms with Gasteiger partial charge in [-0.2, -0.15) is 0 Å². The molecule has 2 heteroatoms. The van der Waals surface area contributed by atoms with E-state index in [0.29, 0.717) is 12.2 Å². The Balaban J connectivity index is 2.86. The summed E-state index contributed by atoms with van der Waals surface area (Å²) in [6.07, 6.45) is 1.74. The van der Waals surface area contributed by atoms with Gasteiger partial charge in [0.2, 0.25) is 0 Å². The van der Waals surface area contributed by atoms with E-state index in [2.05, 4.69) is 6.58 Å². The molecule has 0 aliphatic heterocycles. The fourth-order valence-corrected chi connectivity index (χ4v) is 1.05. The molecule has 1 rings (SSSR count). The van der Waals surface area contributed by atoms with Gasteiger partial charge in [-0.25, -0.2) is 4.39 Å². The van der Waals surface area contributed by atoms with Crippen molar-refractivity contribution in [3.05, 3.63) is 42.7 Å². The van der Waals surface area contributed by atoms with Crippen LogP contribution < -0.4 is 4.90 Å². The highest BCUT2D eigenvalue weighted by Crippen LogP contribution is 2.16. The molecule has 0 heterocycles. The smallest absolute Gasteiger partial charge is 0.146 e. The molecule has 0 unspecified atom stereocenters. The van der Waals surface area contributed by atoms with Crippen LogP contribution in [0, 0.1) is 5.82 Å². The number of hydrogen-bond donors (Lipinski definition) is 0. The van der Waals surface area contributed by atoms with Crippen LogP contribution in [-0.2, 0) is 0 Å². The molecule has 0 aromatic heterocycles. The summed E-state index contributed by atoms with van der Waals surface area (Å²) in [5, 5.41) is 0. The van der Waals surface area contributed by atoms with E-state index in [1.807, 2.05) is 18.0 Å². The highest BCUT2D eigenvalue weighted by atomic mass is 19.1. The molecule has 0 N–H and O–H groups in total. The second-order valence-electron chi connectivity index (χ2n) is 2.62. The molecule has 1 aromatic rings. The van der Waals surface area contributed by atoms with E-state index >= 15 is 0 Å². The number of anilines is 1. The predicted octanol–water partition coefficient (Wildman–Crippen LogP) is 2.45. The van der Waals surface area contributed by atoms with E-state index in [0.717, 1.165) is 0 Å². The summed E-state index contributed by atoms with van der Waals surface area (Å²) >= 11 is 0. The summed E-state index contributed by atoms with van der Waals surface area (Å²) in [7, 11) is 1.83. The normalized spacial score (nSPS) is 9.50. The van der Waals surface area contributed by atoms with Gasteiger partial charge >= 0.3 is 0 Å². The van der Waals surface area contributed by atoms with Crippen LogP contribution in [0.4, 0.5) is 10.1 Å². The second kappa shape index (κ2) is 3.90. The lowest BCUT2D eigenvalue weighted by Gasteiger charge is -2.17. The molecule has 0 saturated heterocycles. The van der Waals surface area contributed by atoms with E-state index in [9.17, 15) is 4.39 Å². The van der Waals surface area contributed by atoms with Crippen LogP contribution in [0.15, 0.2) is 36.9 Å². The first-order chi connectivity index (χ1) is 5.75. The zero-order chi connectivity index (χ0) is 8.97. The molecule has 0 saturated carbocycles. The molecule has 0 atom stereocenters. The monoisotopic (exact) mass is 165 g/mol. The van der Waals surface area contributed by atoms with Gasteiger partial charge in [-0.05, 0) is 12.1 Å². The zero-order valence-electron chi connectivity index (χ0n) is 7.13. The van der Waals surface area contributed by atoms with Gasteiger partial charge in [-0.1, -0.05) is 18.2 Å². The molecule has 0 radical (unpaired) electrons. The first-order valence-electron chi connectivity index (χ1n) is 3.82. The van der Waals surface area contributed by atoms with Crippen molar-refractivity contribution >= 4 is 5.69 Å². The van der Waals surface area contributed by atoms with Crippen LogP contribution in [0.5, 0.6) is 0 Å². The maximum Gasteiger partial charge on any atom is 0.146 e. The highest BCUT2D eigenvalue weighted by molar-refractivity contribution is 5.47. The minimum atomic E-state index is -0.193. The Labute approximate surface area is 72.1 Å². The molecule has 1 nitrogen and oxygen atoms in total. The third-order valence-corrected chi connectivity index (χ3v) is 1.67. The van der Waals surface area contributed by atoms with Crippen LogP contribution in [0.2, 0.25) is 0 Å². The van der Waals surface area contributed by atoms with Crippen molar-refractivity contribution < 1.29 is 4.39 Å². The number of benzene rings is 1. The summed E-state index contributed by atoms with van der Waals surface area (Å²) in [6, 6.07) is 6.70. The van der Waals surface area contributed by atoms with Gasteiger partial charge in [-0.3, -0.25) is 0 Å². The van der Waals surface area contributed by atoms with Crippen molar-refractivity contribution in [2.45, 2.75) is 0 Å². The van der Waals surface area contributed by atoms with Gasteiger partial charge in [0.1, 0.15) is 5.82 Å². The lowest BCUT2D eigenvalue weighted by Crippen LogP contribution is -2.17. The van der Waals surface area contributed by atoms with Gasteiger partial charge in [0.25, 0.3) is 0 Å². The van der Waals surface area contributed by atoms with Crippen LogP contribution >= 0.6 is 0 Å². The number of rotatable bonds is 3. The average Bonchev–Trinajstić information content (AvgIpc) is 2.05. The van der Waals surface area contributed by atoms with Gasteiger partial charge in [-0.15, -0.1) is 6.58 Å². The van der Waals surface area contributed by atoms with Gasteiger partial charge in [0, 0.05) is 13.6 Å².